The Morgan fingerprint density at radius 2 is 2.00 bits per heavy atom. The number of benzene rings is 1. The van der Waals surface area contributed by atoms with Crippen molar-refractivity contribution in [3.8, 4) is 6.07 Å². The van der Waals surface area contributed by atoms with Crippen molar-refractivity contribution >= 4 is 19.0 Å². The average Bonchev–Trinajstić information content (AvgIpc) is 2.52. The predicted molar refractivity (Wildman–Crippen MR) is 75.7 cm³/mol. The molecule has 1 aromatic carbocycles. The number of nitrogens with zero attached hydrogens (tertiary/aromatic N) is 1. The van der Waals surface area contributed by atoms with E-state index in [4.69, 9.17) is 5.26 Å². The zero-order chi connectivity index (χ0) is 15.3. The summed E-state index contributed by atoms with van der Waals surface area (Å²) in [6.45, 7) is 7.24. The third-order valence-electron chi connectivity index (χ3n) is 3.90. The Hall–Kier alpha value is -1.54. The molecular formula is C15H17F2NOSi. The number of ketones is 1. The number of carbonyl (C=O) groups is 1. The van der Waals surface area contributed by atoms with Crippen LogP contribution >= 0.6 is 0 Å². The van der Waals surface area contributed by atoms with Gasteiger partial charge in [0.15, 0.2) is 5.78 Å². The van der Waals surface area contributed by atoms with Crippen LogP contribution in [0.2, 0.25) is 19.6 Å². The first-order valence-electron chi connectivity index (χ1n) is 6.55. The molecule has 0 radical (unpaired) electrons. The van der Waals surface area contributed by atoms with Gasteiger partial charge in [0, 0.05) is 22.6 Å². The zero-order valence-electron chi connectivity index (χ0n) is 12.1. The molecule has 0 saturated carbocycles. The van der Waals surface area contributed by atoms with Crippen LogP contribution in [-0.2, 0) is 6.42 Å². The van der Waals surface area contributed by atoms with Gasteiger partial charge in [-0.3, -0.25) is 4.79 Å². The lowest BCUT2D eigenvalue weighted by Gasteiger charge is -2.20. The number of carbonyl (C=O) groups excluding carboxylic acids is 1. The van der Waals surface area contributed by atoms with Gasteiger partial charge in [-0.2, -0.15) is 5.26 Å². The molecule has 1 atom stereocenters. The molecule has 1 aromatic rings. The van der Waals surface area contributed by atoms with E-state index in [0.29, 0.717) is 0 Å². The lowest BCUT2D eigenvalue weighted by atomic mass is 9.83. The highest BCUT2D eigenvalue weighted by molar-refractivity contribution is 6.88. The Kier molecular flexibility index (Phi) is 3.33. The Balaban J connectivity index is 2.66. The third kappa shape index (κ3) is 2.08. The zero-order valence-corrected chi connectivity index (χ0v) is 13.1. The van der Waals surface area contributed by atoms with Crippen molar-refractivity contribution < 1.29 is 13.6 Å². The van der Waals surface area contributed by atoms with E-state index in [2.05, 4.69) is 0 Å². The van der Waals surface area contributed by atoms with E-state index in [0.717, 1.165) is 6.07 Å². The second-order valence-corrected chi connectivity index (χ2v) is 11.7. The maximum absolute atomic E-state index is 14.6. The van der Waals surface area contributed by atoms with Crippen LogP contribution in [0.25, 0.3) is 0 Å². The second-order valence-electron chi connectivity index (χ2n) is 6.72. The maximum atomic E-state index is 14.6. The molecule has 1 aliphatic carbocycles. The molecule has 0 fully saturated rings. The Morgan fingerprint density at radius 1 is 1.40 bits per heavy atom. The monoisotopic (exact) mass is 293 g/mol. The fraction of sp³-hybridized carbons (Fsp3) is 0.467. The highest BCUT2D eigenvalue weighted by Gasteiger charge is 2.44. The minimum atomic E-state index is -2.18. The SMILES string of the molecule is CC1(CC#N)Cc2c(cc(F)c([Si](C)(C)C)c2F)C1=O. The second kappa shape index (κ2) is 4.49. The third-order valence-corrected chi connectivity index (χ3v) is 5.86. The summed E-state index contributed by atoms with van der Waals surface area (Å²) in [5.41, 5.74) is -0.533. The van der Waals surface area contributed by atoms with E-state index in [-0.39, 0.29) is 34.9 Å². The molecule has 0 aliphatic heterocycles. The van der Waals surface area contributed by atoms with Gasteiger partial charge in [-0.05, 0) is 18.1 Å². The Morgan fingerprint density at radius 3 is 2.50 bits per heavy atom. The molecule has 2 nitrogen and oxygen atoms in total. The summed E-state index contributed by atoms with van der Waals surface area (Å²) in [6.07, 6.45) is 0.197. The van der Waals surface area contributed by atoms with Gasteiger partial charge in [0.1, 0.15) is 11.6 Å². The minimum Gasteiger partial charge on any atom is -0.294 e. The van der Waals surface area contributed by atoms with Crippen LogP contribution < -0.4 is 5.19 Å². The van der Waals surface area contributed by atoms with Crippen LogP contribution in [0.5, 0.6) is 0 Å². The fourth-order valence-electron chi connectivity index (χ4n) is 2.84. The first-order chi connectivity index (χ1) is 9.12. The van der Waals surface area contributed by atoms with Crippen LogP contribution in [0.3, 0.4) is 0 Å². The summed E-state index contributed by atoms with van der Waals surface area (Å²) < 4.78 is 28.8. The van der Waals surface area contributed by atoms with E-state index in [1.807, 2.05) is 25.7 Å². The fourth-order valence-corrected chi connectivity index (χ4v) is 4.43. The molecule has 0 spiro atoms. The van der Waals surface area contributed by atoms with Gasteiger partial charge in [-0.25, -0.2) is 8.78 Å². The summed E-state index contributed by atoms with van der Waals surface area (Å²) in [5, 5.41) is 8.98. The van der Waals surface area contributed by atoms with Crippen molar-refractivity contribution in [3.63, 3.8) is 0 Å². The Labute approximate surface area is 118 Å². The molecule has 5 heteroatoms. The molecule has 0 N–H and O–H groups in total. The van der Waals surface area contributed by atoms with Gasteiger partial charge < -0.3 is 0 Å². The van der Waals surface area contributed by atoms with E-state index in [1.165, 1.54) is 0 Å². The summed E-state index contributed by atoms with van der Waals surface area (Å²) in [4.78, 5) is 12.3. The number of hydrogen-bond donors (Lipinski definition) is 0. The minimum absolute atomic E-state index is 0.0177. The number of rotatable bonds is 2. The lowest BCUT2D eigenvalue weighted by molar-refractivity contribution is 0.0847. The van der Waals surface area contributed by atoms with E-state index >= 15 is 0 Å². The molecule has 0 saturated heterocycles. The molecule has 1 unspecified atom stereocenters. The topological polar surface area (TPSA) is 40.9 Å². The van der Waals surface area contributed by atoms with E-state index in [9.17, 15) is 13.6 Å². The molecule has 106 valence electrons. The van der Waals surface area contributed by atoms with Crippen LogP contribution in [-0.4, -0.2) is 13.9 Å². The van der Waals surface area contributed by atoms with Crippen LogP contribution in [0.1, 0.15) is 29.3 Å². The van der Waals surface area contributed by atoms with Crippen LogP contribution in [0.4, 0.5) is 8.78 Å². The lowest BCUT2D eigenvalue weighted by Crippen LogP contribution is -2.43. The van der Waals surface area contributed by atoms with Crippen molar-refractivity contribution in [3.05, 3.63) is 28.8 Å². The molecule has 0 heterocycles. The average molecular weight is 293 g/mol. The van der Waals surface area contributed by atoms with Crippen molar-refractivity contribution in [2.24, 2.45) is 5.41 Å². The normalized spacial score (nSPS) is 21.8. The van der Waals surface area contributed by atoms with Gasteiger partial charge >= 0.3 is 0 Å². The largest absolute Gasteiger partial charge is 0.294 e. The molecule has 20 heavy (non-hydrogen) atoms. The molecular weight excluding hydrogens is 276 g/mol. The quantitative estimate of drug-likeness (QED) is 0.786. The van der Waals surface area contributed by atoms with E-state index in [1.54, 1.807) is 6.92 Å². The smallest absolute Gasteiger partial charge is 0.170 e. The number of nitriles is 1. The summed E-state index contributed by atoms with van der Waals surface area (Å²) in [5.74, 6) is -1.53. The maximum Gasteiger partial charge on any atom is 0.170 e. The molecule has 0 bridgehead atoms. The predicted octanol–water partition coefficient (Wildman–Crippen LogP) is 3.17. The Bertz CT molecular complexity index is 643. The number of Topliss-reactive ketones (excluding diaryl/α,β-unsaturated/α-hetero) is 1. The van der Waals surface area contributed by atoms with E-state index < -0.39 is 25.1 Å². The van der Waals surface area contributed by atoms with Gasteiger partial charge in [0.05, 0.1) is 14.1 Å². The summed E-state index contributed by atoms with van der Waals surface area (Å²) in [7, 11) is -2.18. The van der Waals surface area contributed by atoms with Crippen molar-refractivity contribution in [1.29, 1.82) is 5.26 Å². The number of halogens is 2. The highest BCUT2D eigenvalue weighted by atomic mass is 28.3. The van der Waals surface area contributed by atoms with Gasteiger partial charge in [-0.15, -0.1) is 0 Å². The van der Waals surface area contributed by atoms with Crippen molar-refractivity contribution in [2.75, 3.05) is 0 Å². The van der Waals surface area contributed by atoms with Crippen molar-refractivity contribution in [1.82, 2.24) is 0 Å². The first kappa shape index (κ1) is 14.9. The van der Waals surface area contributed by atoms with Crippen LogP contribution in [0.15, 0.2) is 6.07 Å². The summed E-state index contributed by atoms with van der Waals surface area (Å²) >= 11 is 0. The molecule has 0 aromatic heterocycles. The number of fused-ring (bicyclic) bond motifs is 1. The van der Waals surface area contributed by atoms with Gasteiger partial charge in [0.25, 0.3) is 0 Å². The molecule has 2 rings (SSSR count). The van der Waals surface area contributed by atoms with Crippen molar-refractivity contribution in [2.45, 2.75) is 39.4 Å². The van der Waals surface area contributed by atoms with Gasteiger partial charge in [0.2, 0.25) is 0 Å². The highest BCUT2D eigenvalue weighted by Crippen LogP contribution is 2.40. The molecule has 1 aliphatic rings. The number of hydrogen-bond acceptors (Lipinski definition) is 2. The summed E-state index contributed by atoms with van der Waals surface area (Å²) in [6, 6.07) is 3.13. The standard InChI is InChI=1S/C15H17F2NOSi/c1-15(5-6-18)8-10-9(14(15)19)7-11(16)13(12(10)17)20(2,3)4/h7H,5,8H2,1-4H3. The van der Waals surface area contributed by atoms with Gasteiger partial charge in [-0.1, -0.05) is 26.6 Å². The molecule has 0 amide bonds. The first-order valence-corrected chi connectivity index (χ1v) is 10.0. The van der Waals surface area contributed by atoms with Crippen LogP contribution in [0, 0.1) is 28.4 Å².